The van der Waals surface area contributed by atoms with Crippen molar-refractivity contribution in [3.05, 3.63) is 85.3 Å². The second-order valence-electron chi connectivity index (χ2n) is 8.00. The molecule has 0 atom stereocenters. The van der Waals surface area contributed by atoms with Gasteiger partial charge in [-0.05, 0) is 41.5 Å². The van der Waals surface area contributed by atoms with Gasteiger partial charge in [0.05, 0.1) is 17.2 Å². The average Bonchev–Trinajstić information content (AvgIpc) is 3.28. The van der Waals surface area contributed by atoms with Gasteiger partial charge in [-0.1, -0.05) is 36.4 Å². The summed E-state index contributed by atoms with van der Waals surface area (Å²) in [6.07, 6.45) is 5.89. The molecule has 1 saturated heterocycles. The highest BCUT2D eigenvalue weighted by molar-refractivity contribution is 5.88. The summed E-state index contributed by atoms with van der Waals surface area (Å²) in [5.41, 5.74) is 8.00. The van der Waals surface area contributed by atoms with Gasteiger partial charge in [0.25, 0.3) is 0 Å². The van der Waals surface area contributed by atoms with Crippen LogP contribution in [0.15, 0.2) is 85.3 Å². The lowest BCUT2D eigenvalue weighted by atomic mass is 10.0. The number of hydrogen-bond acceptors (Lipinski definition) is 4. The number of benzene rings is 2. The Morgan fingerprint density at radius 1 is 0.806 bits per heavy atom. The number of rotatable bonds is 3. The molecule has 152 valence electrons. The van der Waals surface area contributed by atoms with E-state index < -0.39 is 0 Å². The monoisotopic (exact) mass is 405 g/mol. The Balaban J connectivity index is 1.32. The van der Waals surface area contributed by atoms with Gasteiger partial charge in [0.15, 0.2) is 0 Å². The third-order valence-electron chi connectivity index (χ3n) is 6.12. The first kappa shape index (κ1) is 18.1. The summed E-state index contributed by atoms with van der Waals surface area (Å²) in [6.45, 7) is 4.22. The Hall–Kier alpha value is -3.70. The third kappa shape index (κ3) is 3.33. The van der Waals surface area contributed by atoms with Crippen LogP contribution in [0.3, 0.4) is 0 Å². The largest absolute Gasteiger partial charge is 0.369 e. The lowest BCUT2D eigenvalue weighted by Crippen LogP contribution is -2.43. The lowest BCUT2D eigenvalue weighted by molar-refractivity contribution is 0.589. The van der Waals surface area contributed by atoms with E-state index in [0.717, 1.165) is 59.3 Å². The number of hydrogen-bond donors (Lipinski definition) is 1. The van der Waals surface area contributed by atoms with E-state index in [1.165, 1.54) is 11.3 Å². The van der Waals surface area contributed by atoms with Crippen LogP contribution in [-0.4, -0.2) is 40.8 Å². The second-order valence-corrected chi connectivity index (χ2v) is 8.00. The van der Waals surface area contributed by atoms with E-state index in [1.807, 2.05) is 23.0 Å². The lowest BCUT2D eigenvalue weighted by Gasteiger charge is -2.29. The van der Waals surface area contributed by atoms with Gasteiger partial charge >= 0.3 is 0 Å². The zero-order valence-corrected chi connectivity index (χ0v) is 17.2. The van der Waals surface area contributed by atoms with E-state index in [9.17, 15) is 0 Å². The summed E-state index contributed by atoms with van der Waals surface area (Å²) >= 11 is 0. The summed E-state index contributed by atoms with van der Waals surface area (Å²) in [5, 5.41) is 9.19. The van der Waals surface area contributed by atoms with Gasteiger partial charge in [0.2, 0.25) is 0 Å². The van der Waals surface area contributed by atoms with Crippen LogP contribution < -0.4 is 10.2 Å². The van der Waals surface area contributed by atoms with Crippen LogP contribution in [0.4, 0.5) is 5.69 Å². The Morgan fingerprint density at radius 2 is 1.61 bits per heavy atom. The van der Waals surface area contributed by atoms with Gasteiger partial charge in [-0.3, -0.25) is 4.98 Å². The zero-order valence-electron chi connectivity index (χ0n) is 17.2. The Kier molecular flexibility index (Phi) is 4.39. The molecule has 0 spiro atoms. The highest BCUT2D eigenvalue weighted by atomic mass is 15.2. The van der Waals surface area contributed by atoms with Gasteiger partial charge in [0.1, 0.15) is 0 Å². The van der Waals surface area contributed by atoms with Gasteiger partial charge in [-0.2, -0.15) is 5.10 Å². The van der Waals surface area contributed by atoms with Crippen LogP contribution in [0.5, 0.6) is 0 Å². The molecule has 1 aliphatic heterocycles. The first-order chi connectivity index (χ1) is 15.3. The molecule has 0 amide bonds. The Bertz CT molecular complexity index is 1360. The molecule has 1 fully saturated rings. The number of nitrogens with one attached hydrogen (secondary N) is 1. The highest BCUT2D eigenvalue weighted by Gasteiger charge is 2.12. The molecule has 0 radical (unpaired) electrons. The van der Waals surface area contributed by atoms with Crippen molar-refractivity contribution in [1.29, 1.82) is 0 Å². The van der Waals surface area contributed by atoms with Crippen LogP contribution >= 0.6 is 0 Å². The molecule has 31 heavy (non-hydrogen) atoms. The standard InChI is InChI=1S/C26H23N5/c1-2-20-3-4-21(16-25(20)28-11-1)24-17-29-31-18-22(7-10-26(24)31)19-5-8-23(9-6-19)30-14-12-27-13-15-30/h1-11,16-18,27H,12-15H2. The topological polar surface area (TPSA) is 45.5 Å². The number of anilines is 1. The van der Waals surface area contributed by atoms with E-state index in [1.54, 1.807) is 0 Å². The molecular formula is C26H23N5. The maximum atomic E-state index is 4.63. The molecule has 1 aliphatic rings. The predicted octanol–water partition coefficient (Wildman–Crippen LogP) is 4.63. The molecule has 5 nitrogen and oxygen atoms in total. The summed E-state index contributed by atoms with van der Waals surface area (Å²) in [7, 11) is 0. The van der Waals surface area contributed by atoms with Gasteiger partial charge in [-0.15, -0.1) is 0 Å². The quantitative estimate of drug-likeness (QED) is 0.476. The molecule has 0 unspecified atom stereocenters. The van der Waals surface area contributed by atoms with Crippen LogP contribution in [0, 0.1) is 0 Å². The van der Waals surface area contributed by atoms with Crippen LogP contribution in [0.1, 0.15) is 0 Å². The second kappa shape index (κ2) is 7.52. The number of aromatic nitrogens is 3. The minimum absolute atomic E-state index is 1.00. The number of pyridine rings is 2. The fourth-order valence-electron chi connectivity index (χ4n) is 4.40. The Morgan fingerprint density at radius 3 is 2.48 bits per heavy atom. The van der Waals surface area contributed by atoms with Crippen molar-refractivity contribution < 1.29 is 0 Å². The third-order valence-corrected chi connectivity index (χ3v) is 6.12. The maximum absolute atomic E-state index is 4.63. The average molecular weight is 406 g/mol. The molecule has 5 heteroatoms. The van der Waals surface area contributed by atoms with Gasteiger partial charge in [0, 0.05) is 60.8 Å². The van der Waals surface area contributed by atoms with E-state index in [0.29, 0.717) is 0 Å². The van der Waals surface area contributed by atoms with Crippen LogP contribution in [0.25, 0.3) is 38.7 Å². The van der Waals surface area contributed by atoms with Crippen molar-refractivity contribution in [2.75, 3.05) is 31.1 Å². The highest BCUT2D eigenvalue weighted by Crippen LogP contribution is 2.29. The first-order valence-electron chi connectivity index (χ1n) is 10.7. The van der Waals surface area contributed by atoms with E-state index >= 15 is 0 Å². The Labute approximate surface area is 181 Å². The molecule has 0 saturated carbocycles. The van der Waals surface area contributed by atoms with Crippen molar-refractivity contribution in [2.45, 2.75) is 0 Å². The smallest absolute Gasteiger partial charge is 0.0740 e. The van der Waals surface area contributed by atoms with Gasteiger partial charge in [-0.25, -0.2) is 4.52 Å². The minimum atomic E-state index is 1.00. The fourth-order valence-corrected chi connectivity index (χ4v) is 4.40. The first-order valence-corrected chi connectivity index (χ1v) is 10.7. The van der Waals surface area contributed by atoms with Crippen molar-refractivity contribution in [3.63, 3.8) is 0 Å². The van der Waals surface area contributed by atoms with Crippen molar-refractivity contribution in [2.24, 2.45) is 0 Å². The van der Waals surface area contributed by atoms with Crippen molar-refractivity contribution in [3.8, 4) is 22.3 Å². The molecule has 0 bridgehead atoms. The molecule has 3 aromatic heterocycles. The maximum Gasteiger partial charge on any atom is 0.0740 e. The van der Waals surface area contributed by atoms with Crippen molar-refractivity contribution >= 4 is 22.1 Å². The summed E-state index contributed by atoms with van der Waals surface area (Å²) in [4.78, 5) is 6.92. The van der Waals surface area contributed by atoms with Crippen LogP contribution in [0.2, 0.25) is 0 Å². The number of nitrogens with zero attached hydrogens (tertiary/aromatic N) is 4. The van der Waals surface area contributed by atoms with E-state index in [-0.39, 0.29) is 0 Å². The normalized spacial score (nSPS) is 14.4. The molecule has 4 heterocycles. The molecule has 0 aliphatic carbocycles. The molecule has 6 rings (SSSR count). The predicted molar refractivity (Wildman–Crippen MR) is 126 cm³/mol. The fraction of sp³-hybridized carbons (Fsp3) is 0.154. The minimum Gasteiger partial charge on any atom is -0.369 e. The molecule has 5 aromatic rings. The summed E-state index contributed by atoms with van der Waals surface area (Å²) < 4.78 is 1.97. The van der Waals surface area contributed by atoms with E-state index in [2.05, 4.69) is 87.2 Å². The SMILES string of the molecule is c1cnc2cc(-c3cnn4cc(-c5ccc(N6CCNCC6)cc5)ccc34)ccc2c1. The zero-order chi connectivity index (χ0) is 20.6. The summed E-state index contributed by atoms with van der Waals surface area (Å²) in [5.74, 6) is 0. The number of piperazine rings is 1. The van der Waals surface area contributed by atoms with Crippen LogP contribution in [-0.2, 0) is 0 Å². The molecular weight excluding hydrogens is 382 g/mol. The molecule has 1 N–H and O–H groups in total. The van der Waals surface area contributed by atoms with Crippen molar-refractivity contribution in [1.82, 2.24) is 19.9 Å². The summed E-state index contributed by atoms with van der Waals surface area (Å²) in [6, 6.07) is 23.6. The van der Waals surface area contributed by atoms with Gasteiger partial charge < -0.3 is 10.2 Å². The molecule has 2 aromatic carbocycles. The van der Waals surface area contributed by atoms with E-state index in [4.69, 9.17) is 0 Å². The number of fused-ring (bicyclic) bond motifs is 2.